The normalized spacial score (nSPS) is 11.0. The summed E-state index contributed by atoms with van der Waals surface area (Å²) in [6.45, 7) is 1.95. The first-order valence-corrected chi connectivity index (χ1v) is 7.05. The summed E-state index contributed by atoms with van der Waals surface area (Å²) in [4.78, 5) is 0. The third-order valence-corrected chi connectivity index (χ3v) is 4.95. The second-order valence-electron chi connectivity index (χ2n) is 1.90. The molecule has 82 valence electrons. The molecule has 0 aromatic carbocycles. The van der Waals surface area contributed by atoms with E-state index >= 15 is 0 Å². The van der Waals surface area contributed by atoms with E-state index in [-0.39, 0.29) is 17.0 Å². The molecule has 0 radical (unpaired) electrons. The smallest absolute Gasteiger partial charge is 0.330 e. The van der Waals surface area contributed by atoms with Crippen molar-refractivity contribution < 1.29 is 13.6 Å². The van der Waals surface area contributed by atoms with Crippen molar-refractivity contribution in [3.63, 3.8) is 0 Å². The van der Waals surface area contributed by atoms with Gasteiger partial charge in [0.1, 0.15) is 0 Å². The fourth-order valence-electron chi connectivity index (χ4n) is 0.593. The highest BCUT2D eigenvalue weighted by molar-refractivity contribution is 8.93. The van der Waals surface area contributed by atoms with Gasteiger partial charge < -0.3 is 14.8 Å². The molecule has 0 atom stereocenters. The topological polar surface area (TPSA) is 61.5 Å². The predicted octanol–water partition coefficient (Wildman–Crippen LogP) is 2.44. The van der Waals surface area contributed by atoms with Gasteiger partial charge in [0.2, 0.25) is 0 Å². The fourth-order valence-corrected chi connectivity index (χ4v) is 3.84. The summed E-state index contributed by atoms with van der Waals surface area (Å²) in [5.41, 5.74) is 5.27. The van der Waals surface area contributed by atoms with Crippen molar-refractivity contribution >= 4 is 35.2 Å². The number of nitrogens with two attached hydrogens (primary N) is 1. The van der Waals surface area contributed by atoms with E-state index in [4.69, 9.17) is 14.8 Å². The summed E-state index contributed by atoms with van der Waals surface area (Å²) < 4.78 is 21.7. The van der Waals surface area contributed by atoms with Crippen molar-refractivity contribution in [1.29, 1.82) is 0 Å². The third kappa shape index (κ3) is 7.97. The van der Waals surface area contributed by atoms with Crippen molar-refractivity contribution in [1.82, 2.24) is 0 Å². The summed E-state index contributed by atoms with van der Waals surface area (Å²) in [5, 5.41) is 0. The molecular formula is C6H17BrNO3PS. The van der Waals surface area contributed by atoms with Crippen LogP contribution in [-0.4, -0.2) is 25.5 Å². The Kier molecular flexibility index (Phi) is 12.0. The average molecular weight is 294 g/mol. The van der Waals surface area contributed by atoms with Crippen LogP contribution in [0.2, 0.25) is 0 Å². The number of hydrogen-bond acceptors (Lipinski definition) is 5. The molecule has 0 aliphatic carbocycles. The Hall–Kier alpha value is 0.940. The van der Waals surface area contributed by atoms with E-state index in [9.17, 15) is 4.57 Å². The van der Waals surface area contributed by atoms with Crippen molar-refractivity contribution in [2.45, 2.75) is 13.8 Å². The quantitative estimate of drug-likeness (QED) is 0.731. The number of hydrogen-bond donors (Lipinski definition) is 1. The molecule has 0 aromatic heterocycles. The summed E-state index contributed by atoms with van der Waals surface area (Å²) in [6, 6.07) is 0. The van der Waals surface area contributed by atoms with Gasteiger partial charge in [0, 0.05) is 12.3 Å². The van der Waals surface area contributed by atoms with Crippen LogP contribution in [0, 0.1) is 0 Å². The Morgan fingerprint density at radius 2 is 1.77 bits per heavy atom. The SMILES string of the molecule is Br.CCOP(=O)(OCC)SCCN. The molecule has 2 N–H and O–H groups in total. The van der Waals surface area contributed by atoms with Gasteiger partial charge in [-0.15, -0.1) is 17.0 Å². The van der Waals surface area contributed by atoms with Gasteiger partial charge >= 0.3 is 6.80 Å². The molecular weight excluding hydrogens is 277 g/mol. The van der Waals surface area contributed by atoms with Gasteiger partial charge in [0.05, 0.1) is 13.2 Å². The molecule has 0 fully saturated rings. The van der Waals surface area contributed by atoms with E-state index in [1.54, 1.807) is 13.8 Å². The summed E-state index contributed by atoms with van der Waals surface area (Å²) in [6.07, 6.45) is 0. The van der Waals surface area contributed by atoms with Crippen LogP contribution in [0.1, 0.15) is 13.8 Å². The van der Waals surface area contributed by atoms with Crippen molar-refractivity contribution in [3.8, 4) is 0 Å². The highest BCUT2D eigenvalue weighted by atomic mass is 79.9. The van der Waals surface area contributed by atoms with Gasteiger partial charge in [0.25, 0.3) is 0 Å². The lowest BCUT2D eigenvalue weighted by atomic mass is 10.8. The van der Waals surface area contributed by atoms with E-state index in [2.05, 4.69) is 0 Å². The maximum atomic E-state index is 11.6. The van der Waals surface area contributed by atoms with Crippen LogP contribution in [0.25, 0.3) is 0 Å². The Morgan fingerprint density at radius 1 is 1.31 bits per heavy atom. The van der Waals surface area contributed by atoms with E-state index in [0.717, 1.165) is 11.4 Å². The predicted molar refractivity (Wildman–Crippen MR) is 62.7 cm³/mol. The Bertz CT molecular complexity index is 151. The molecule has 0 aliphatic heterocycles. The highest BCUT2D eigenvalue weighted by Crippen LogP contribution is 2.60. The average Bonchev–Trinajstić information content (AvgIpc) is 2.02. The molecule has 0 aliphatic rings. The first-order chi connectivity index (χ1) is 5.68. The van der Waals surface area contributed by atoms with Gasteiger partial charge in [-0.3, -0.25) is 0 Å². The molecule has 7 heteroatoms. The van der Waals surface area contributed by atoms with E-state index in [1.807, 2.05) is 0 Å². The van der Waals surface area contributed by atoms with Crippen LogP contribution < -0.4 is 5.73 Å². The zero-order valence-electron chi connectivity index (χ0n) is 7.89. The van der Waals surface area contributed by atoms with Crippen molar-refractivity contribution in [2.75, 3.05) is 25.5 Å². The van der Waals surface area contributed by atoms with Crippen molar-refractivity contribution in [3.05, 3.63) is 0 Å². The zero-order chi connectivity index (χ0) is 9.45. The minimum Gasteiger partial charge on any atom is -0.330 e. The Balaban J connectivity index is 0. The van der Waals surface area contributed by atoms with Crippen LogP contribution in [0.5, 0.6) is 0 Å². The van der Waals surface area contributed by atoms with E-state index in [0.29, 0.717) is 25.5 Å². The molecule has 13 heavy (non-hydrogen) atoms. The third-order valence-electron chi connectivity index (χ3n) is 0.942. The van der Waals surface area contributed by atoms with Crippen LogP contribution in [0.3, 0.4) is 0 Å². The molecule has 0 saturated carbocycles. The number of rotatable bonds is 7. The molecule has 4 nitrogen and oxygen atoms in total. The van der Waals surface area contributed by atoms with Gasteiger partial charge in [0.15, 0.2) is 0 Å². The van der Waals surface area contributed by atoms with Crippen LogP contribution in [0.15, 0.2) is 0 Å². The molecule has 0 spiro atoms. The first kappa shape index (κ1) is 16.4. The van der Waals surface area contributed by atoms with Crippen LogP contribution in [0.4, 0.5) is 0 Å². The number of halogens is 1. The second kappa shape index (κ2) is 9.49. The van der Waals surface area contributed by atoms with Crippen LogP contribution >= 0.6 is 35.2 Å². The molecule has 0 aromatic rings. The maximum Gasteiger partial charge on any atom is 0.389 e. The lowest BCUT2D eigenvalue weighted by Crippen LogP contribution is -2.02. The molecule has 0 heterocycles. The molecule has 0 rings (SSSR count). The fraction of sp³-hybridized carbons (Fsp3) is 1.00. The van der Waals surface area contributed by atoms with E-state index in [1.165, 1.54) is 0 Å². The van der Waals surface area contributed by atoms with Gasteiger partial charge in [-0.1, -0.05) is 0 Å². The lowest BCUT2D eigenvalue weighted by molar-refractivity contribution is 0.237. The highest BCUT2D eigenvalue weighted by Gasteiger charge is 2.23. The van der Waals surface area contributed by atoms with Gasteiger partial charge in [-0.05, 0) is 25.2 Å². The standard InChI is InChI=1S/C6H16NO3PS.BrH/c1-3-9-11(8,10-4-2)12-6-5-7;/h3-7H2,1-2H3;1H. The largest absolute Gasteiger partial charge is 0.389 e. The van der Waals surface area contributed by atoms with Gasteiger partial charge in [-0.2, -0.15) is 0 Å². The van der Waals surface area contributed by atoms with E-state index < -0.39 is 6.80 Å². The summed E-state index contributed by atoms with van der Waals surface area (Å²) in [5.74, 6) is 0.595. The molecule has 0 unspecified atom stereocenters. The van der Waals surface area contributed by atoms with Crippen molar-refractivity contribution in [2.24, 2.45) is 5.73 Å². The lowest BCUT2D eigenvalue weighted by Gasteiger charge is -2.14. The minimum atomic E-state index is -2.90. The summed E-state index contributed by atoms with van der Waals surface area (Å²) in [7, 11) is 0. The van der Waals surface area contributed by atoms with Gasteiger partial charge in [-0.25, -0.2) is 4.57 Å². The molecule has 0 saturated heterocycles. The van der Waals surface area contributed by atoms with Crippen LogP contribution in [-0.2, 0) is 13.6 Å². The Labute approximate surface area is 94.0 Å². The second-order valence-corrected chi connectivity index (χ2v) is 6.10. The Morgan fingerprint density at radius 3 is 2.08 bits per heavy atom. The maximum absolute atomic E-state index is 11.6. The molecule has 0 bridgehead atoms. The molecule has 0 amide bonds. The monoisotopic (exact) mass is 293 g/mol. The zero-order valence-corrected chi connectivity index (χ0v) is 11.3. The minimum absolute atomic E-state index is 0. The first-order valence-electron chi connectivity index (χ1n) is 3.92. The summed E-state index contributed by atoms with van der Waals surface area (Å²) >= 11 is 1.16.